The summed E-state index contributed by atoms with van der Waals surface area (Å²) in [6, 6.07) is 6.92. The Morgan fingerprint density at radius 2 is 1.27 bits per heavy atom. The van der Waals surface area contributed by atoms with Gasteiger partial charge >= 0.3 is 5.69 Å². The Kier molecular flexibility index (Phi) is 9.23. The van der Waals surface area contributed by atoms with E-state index in [1.165, 1.54) is 4.57 Å². The zero-order chi connectivity index (χ0) is 22.3. The second-order valence-electron chi connectivity index (χ2n) is 7.61. The maximum atomic E-state index is 13.2. The van der Waals surface area contributed by atoms with Gasteiger partial charge in [-0.25, -0.2) is 4.79 Å². The van der Waals surface area contributed by atoms with Crippen molar-refractivity contribution < 1.29 is 10.2 Å². The molecule has 0 saturated heterocycles. The zero-order valence-corrected chi connectivity index (χ0v) is 18.6. The molecular weight excluding hydrogens is 384 g/mol. The molecule has 8 nitrogen and oxygen atoms in total. The van der Waals surface area contributed by atoms with Gasteiger partial charge in [0.05, 0.1) is 36.2 Å². The second kappa shape index (κ2) is 11.4. The quantitative estimate of drug-likeness (QED) is 0.522. The first-order chi connectivity index (χ1) is 14.4. The Bertz CT molecular complexity index is 915. The van der Waals surface area contributed by atoms with Gasteiger partial charge in [-0.15, -0.1) is 0 Å². The van der Waals surface area contributed by atoms with E-state index >= 15 is 0 Å². The topological polar surface area (TPSA) is 90.9 Å². The van der Waals surface area contributed by atoms with E-state index in [2.05, 4.69) is 4.90 Å². The Labute approximate surface area is 178 Å². The summed E-state index contributed by atoms with van der Waals surface area (Å²) in [5, 5.41) is 21.5. The highest BCUT2D eigenvalue weighted by Gasteiger charge is 2.19. The predicted molar refractivity (Wildman–Crippen MR) is 120 cm³/mol. The molecule has 0 aliphatic rings. The van der Waals surface area contributed by atoms with Crippen molar-refractivity contribution >= 4 is 10.9 Å². The number of hydrogen-bond donors (Lipinski definition) is 2. The summed E-state index contributed by atoms with van der Waals surface area (Å²) < 4.78 is 2.55. The number of hydrogen-bond acceptors (Lipinski definition) is 6. The molecule has 2 aromatic rings. The molecular formula is C22H36N4O4. The number of aliphatic hydroxyl groups excluding tert-OH is 2. The highest BCUT2D eigenvalue weighted by atomic mass is 16.3. The smallest absolute Gasteiger partial charge is 0.331 e. The first-order valence-corrected chi connectivity index (χ1v) is 10.9. The molecule has 0 unspecified atom stereocenters. The number of rotatable bonds is 12. The highest BCUT2D eigenvalue weighted by Crippen LogP contribution is 2.09. The Hall–Kier alpha value is -2.00. The van der Waals surface area contributed by atoms with Gasteiger partial charge in [0.2, 0.25) is 0 Å². The lowest BCUT2D eigenvalue weighted by molar-refractivity contribution is 0.0958. The van der Waals surface area contributed by atoms with E-state index < -0.39 is 23.5 Å². The molecule has 2 N–H and O–H groups in total. The molecule has 8 heteroatoms. The van der Waals surface area contributed by atoms with Crippen LogP contribution in [0.2, 0.25) is 0 Å². The average Bonchev–Trinajstić information content (AvgIpc) is 2.76. The van der Waals surface area contributed by atoms with Crippen LogP contribution in [-0.2, 0) is 13.1 Å². The molecule has 0 amide bonds. The van der Waals surface area contributed by atoms with Crippen LogP contribution in [0.1, 0.15) is 27.7 Å². The number of aliphatic hydroxyl groups is 2. The van der Waals surface area contributed by atoms with E-state index in [-0.39, 0.29) is 13.1 Å². The maximum Gasteiger partial charge on any atom is 0.331 e. The van der Waals surface area contributed by atoms with Crippen LogP contribution < -0.4 is 11.2 Å². The van der Waals surface area contributed by atoms with E-state index in [0.717, 1.165) is 30.7 Å². The third kappa shape index (κ3) is 5.78. The molecule has 0 spiro atoms. The molecule has 0 aliphatic heterocycles. The van der Waals surface area contributed by atoms with Crippen LogP contribution in [0.3, 0.4) is 0 Å². The molecule has 0 bridgehead atoms. The molecule has 30 heavy (non-hydrogen) atoms. The minimum Gasteiger partial charge on any atom is -0.390 e. The van der Waals surface area contributed by atoms with Gasteiger partial charge in [-0.2, -0.15) is 0 Å². The van der Waals surface area contributed by atoms with Crippen LogP contribution in [0.5, 0.6) is 0 Å². The summed E-state index contributed by atoms with van der Waals surface area (Å²) in [5.41, 5.74) is -0.417. The van der Waals surface area contributed by atoms with Crippen molar-refractivity contribution in [2.24, 2.45) is 0 Å². The van der Waals surface area contributed by atoms with E-state index in [4.69, 9.17) is 0 Å². The lowest BCUT2D eigenvalue weighted by atomic mass is 10.2. The molecule has 2 atom stereocenters. The molecule has 168 valence electrons. The maximum absolute atomic E-state index is 13.2. The van der Waals surface area contributed by atoms with Gasteiger partial charge in [0.1, 0.15) is 0 Å². The number of fused-ring (bicyclic) bond motifs is 1. The van der Waals surface area contributed by atoms with E-state index in [1.54, 1.807) is 24.3 Å². The molecule has 1 aromatic heterocycles. The van der Waals surface area contributed by atoms with Crippen LogP contribution in [0.4, 0.5) is 0 Å². The van der Waals surface area contributed by atoms with Gasteiger partial charge in [-0.3, -0.25) is 13.9 Å². The number of nitrogens with zero attached hydrogens (tertiary/aromatic N) is 4. The fourth-order valence-electron chi connectivity index (χ4n) is 3.80. The zero-order valence-electron chi connectivity index (χ0n) is 18.6. The van der Waals surface area contributed by atoms with Crippen molar-refractivity contribution in [2.75, 3.05) is 39.3 Å². The molecule has 0 saturated carbocycles. The third-order valence-corrected chi connectivity index (χ3v) is 5.65. The molecule has 2 rings (SSSR count). The van der Waals surface area contributed by atoms with Crippen molar-refractivity contribution in [2.45, 2.75) is 53.0 Å². The summed E-state index contributed by atoms with van der Waals surface area (Å²) in [5.74, 6) is 0. The minimum absolute atomic E-state index is 0.0782. The van der Waals surface area contributed by atoms with Crippen molar-refractivity contribution in [3.05, 3.63) is 45.1 Å². The summed E-state index contributed by atoms with van der Waals surface area (Å²) in [6.45, 7) is 12.1. The minimum atomic E-state index is -0.842. The van der Waals surface area contributed by atoms with Crippen molar-refractivity contribution in [3.8, 4) is 0 Å². The summed E-state index contributed by atoms with van der Waals surface area (Å²) >= 11 is 0. The van der Waals surface area contributed by atoms with Gasteiger partial charge in [0, 0.05) is 13.1 Å². The number of likely N-dealkylation sites (N-methyl/N-ethyl adjacent to an activating group) is 2. The summed E-state index contributed by atoms with van der Waals surface area (Å²) in [4.78, 5) is 30.3. The normalized spacial score (nSPS) is 14.0. The van der Waals surface area contributed by atoms with Crippen LogP contribution in [0.25, 0.3) is 10.9 Å². The van der Waals surface area contributed by atoms with Crippen molar-refractivity contribution in [1.29, 1.82) is 0 Å². The second-order valence-corrected chi connectivity index (χ2v) is 7.61. The average molecular weight is 421 g/mol. The summed E-state index contributed by atoms with van der Waals surface area (Å²) in [6.07, 6.45) is -1.59. The predicted octanol–water partition coefficient (Wildman–Crippen LogP) is 0.569. The lowest BCUT2D eigenvalue weighted by Crippen LogP contribution is -2.46. The molecule has 0 radical (unpaired) electrons. The van der Waals surface area contributed by atoms with Crippen molar-refractivity contribution in [3.63, 3.8) is 0 Å². The van der Waals surface area contributed by atoms with Crippen LogP contribution in [0.15, 0.2) is 33.9 Å². The third-order valence-electron chi connectivity index (χ3n) is 5.65. The Morgan fingerprint density at radius 3 is 1.77 bits per heavy atom. The van der Waals surface area contributed by atoms with Gasteiger partial charge in [-0.05, 0) is 38.3 Å². The van der Waals surface area contributed by atoms with Gasteiger partial charge in [-0.1, -0.05) is 39.8 Å². The molecule has 1 aromatic carbocycles. The fourth-order valence-corrected chi connectivity index (χ4v) is 3.80. The standard InChI is InChI=1S/C22H36N4O4/c1-5-23(6-2)13-17(27)15-25-20-12-10-9-11-19(20)21(29)26(22(25)30)16-18(28)14-24(7-3)8-4/h9-12,17-18,27-28H,5-8,13-16H2,1-4H3/t17-,18+/m1/s1. The first kappa shape index (κ1) is 24.3. The van der Waals surface area contributed by atoms with Gasteiger partial charge in [0.15, 0.2) is 0 Å². The van der Waals surface area contributed by atoms with Gasteiger partial charge < -0.3 is 20.0 Å². The fraction of sp³-hybridized carbons (Fsp3) is 0.636. The monoisotopic (exact) mass is 420 g/mol. The SMILES string of the molecule is CCN(CC)C[C@@H](O)Cn1c(=O)n(C[C@@H](O)CN(CC)CC)c(=O)c2ccccc21. The largest absolute Gasteiger partial charge is 0.390 e. The number of para-hydroxylation sites is 1. The van der Waals surface area contributed by atoms with Crippen LogP contribution >= 0.6 is 0 Å². The number of benzene rings is 1. The van der Waals surface area contributed by atoms with E-state index in [9.17, 15) is 19.8 Å². The highest BCUT2D eigenvalue weighted by molar-refractivity contribution is 5.77. The molecule has 0 fully saturated rings. The van der Waals surface area contributed by atoms with Gasteiger partial charge in [0.25, 0.3) is 5.56 Å². The Balaban J connectivity index is 2.42. The van der Waals surface area contributed by atoms with Crippen molar-refractivity contribution in [1.82, 2.24) is 18.9 Å². The Morgan fingerprint density at radius 1 is 0.800 bits per heavy atom. The summed E-state index contributed by atoms with van der Waals surface area (Å²) in [7, 11) is 0. The lowest BCUT2D eigenvalue weighted by Gasteiger charge is -2.24. The van der Waals surface area contributed by atoms with E-state index in [1.807, 2.05) is 32.6 Å². The van der Waals surface area contributed by atoms with Crippen LogP contribution in [0, 0.1) is 0 Å². The van der Waals surface area contributed by atoms with E-state index in [0.29, 0.717) is 24.0 Å². The van der Waals surface area contributed by atoms with Crippen LogP contribution in [-0.4, -0.2) is 80.6 Å². The molecule has 0 aliphatic carbocycles. The number of aromatic nitrogens is 2. The first-order valence-electron chi connectivity index (χ1n) is 10.9. The molecule has 1 heterocycles.